The van der Waals surface area contributed by atoms with Crippen LogP contribution in [0.25, 0.3) is 0 Å². The van der Waals surface area contributed by atoms with Gasteiger partial charge in [0.25, 0.3) is 0 Å². The quantitative estimate of drug-likeness (QED) is 0.594. The van der Waals surface area contributed by atoms with Gasteiger partial charge in [-0.1, -0.05) is 6.07 Å². The van der Waals surface area contributed by atoms with Gasteiger partial charge in [-0.15, -0.1) is 0 Å². The lowest BCUT2D eigenvalue weighted by molar-refractivity contribution is -0.0764. The number of aliphatic hydroxyl groups excluding tert-OH is 1. The Labute approximate surface area is 94.0 Å². The first-order valence-electron chi connectivity index (χ1n) is 4.75. The molecule has 2 N–H and O–H groups in total. The van der Waals surface area contributed by atoms with Crippen LogP contribution >= 0.6 is 0 Å². The summed E-state index contributed by atoms with van der Waals surface area (Å²) < 4.78 is 9.41. The molecule has 0 aliphatic rings. The Kier molecular flexibility index (Phi) is 4.28. The van der Waals surface area contributed by atoms with E-state index in [1.54, 1.807) is 25.2 Å². The molecule has 1 unspecified atom stereocenters. The van der Waals surface area contributed by atoms with Gasteiger partial charge in [0, 0.05) is 25.4 Å². The number of methoxy groups -OCH3 is 2. The lowest BCUT2D eigenvalue weighted by Gasteiger charge is -2.14. The molecule has 0 bridgehead atoms. The van der Waals surface area contributed by atoms with Crippen LogP contribution in [0.5, 0.6) is 0 Å². The third-order valence-electron chi connectivity index (χ3n) is 2.23. The molecule has 0 amide bonds. The van der Waals surface area contributed by atoms with Gasteiger partial charge in [-0.2, -0.15) is 0 Å². The van der Waals surface area contributed by atoms with Gasteiger partial charge in [0.1, 0.15) is 0 Å². The van der Waals surface area contributed by atoms with Gasteiger partial charge in [-0.05, 0) is 12.1 Å². The zero-order valence-corrected chi connectivity index (χ0v) is 9.48. The van der Waals surface area contributed by atoms with Crippen molar-refractivity contribution in [3.8, 4) is 0 Å². The predicted molar refractivity (Wildman–Crippen MR) is 59.3 cm³/mol. The van der Waals surface area contributed by atoms with Gasteiger partial charge in [-0.3, -0.25) is 0 Å². The van der Waals surface area contributed by atoms with Crippen LogP contribution in [0.1, 0.15) is 22.2 Å². The second-order valence-corrected chi connectivity index (χ2v) is 3.13. The summed E-state index contributed by atoms with van der Waals surface area (Å²) in [5.74, 6) is -0.421. The van der Waals surface area contributed by atoms with E-state index in [0.717, 1.165) is 0 Å². The molecule has 1 atom stereocenters. The highest BCUT2D eigenvalue weighted by molar-refractivity contribution is 5.90. The highest BCUT2D eigenvalue weighted by Gasteiger charge is 2.14. The van der Waals surface area contributed by atoms with E-state index in [9.17, 15) is 9.90 Å². The molecule has 1 aromatic carbocycles. The summed E-state index contributed by atoms with van der Waals surface area (Å²) in [6.45, 7) is 0. The number of carbonyl (C=O) groups is 1. The van der Waals surface area contributed by atoms with Crippen molar-refractivity contribution in [3.05, 3.63) is 29.3 Å². The standard InChI is InChI=1S/C11H15NO4/c1-12-9-6-7(10(13)15-2)4-5-8(9)11(14)16-3/h4-6,11-12,14H,1-3H3. The van der Waals surface area contributed by atoms with Gasteiger partial charge in [0.15, 0.2) is 6.29 Å². The second kappa shape index (κ2) is 5.48. The smallest absolute Gasteiger partial charge is 0.337 e. The molecule has 0 saturated carbocycles. The molecule has 5 nitrogen and oxygen atoms in total. The summed E-state index contributed by atoms with van der Waals surface area (Å²) in [7, 11) is 4.42. The second-order valence-electron chi connectivity index (χ2n) is 3.13. The maximum absolute atomic E-state index is 11.3. The van der Waals surface area contributed by atoms with Gasteiger partial charge >= 0.3 is 5.97 Å². The highest BCUT2D eigenvalue weighted by atomic mass is 16.6. The summed E-state index contributed by atoms with van der Waals surface area (Å²) in [6, 6.07) is 4.79. The van der Waals surface area contributed by atoms with Crippen LogP contribution in [0.3, 0.4) is 0 Å². The fourth-order valence-corrected chi connectivity index (χ4v) is 1.36. The third kappa shape index (κ3) is 2.50. The van der Waals surface area contributed by atoms with E-state index in [1.165, 1.54) is 14.2 Å². The minimum absolute atomic E-state index is 0.416. The molecule has 88 valence electrons. The van der Waals surface area contributed by atoms with Crippen molar-refractivity contribution in [2.45, 2.75) is 6.29 Å². The van der Waals surface area contributed by atoms with E-state index in [2.05, 4.69) is 10.1 Å². The van der Waals surface area contributed by atoms with Gasteiger partial charge < -0.3 is 19.9 Å². The number of ether oxygens (including phenoxy) is 2. The lowest BCUT2D eigenvalue weighted by atomic mass is 10.1. The SMILES string of the molecule is CNc1cc(C(=O)OC)ccc1C(O)OC. The maximum Gasteiger partial charge on any atom is 0.337 e. The van der Waals surface area contributed by atoms with Crippen LogP contribution < -0.4 is 5.32 Å². The monoisotopic (exact) mass is 225 g/mol. The average molecular weight is 225 g/mol. The fourth-order valence-electron chi connectivity index (χ4n) is 1.36. The molecule has 5 heteroatoms. The van der Waals surface area contributed by atoms with Crippen molar-refractivity contribution in [1.82, 2.24) is 0 Å². The van der Waals surface area contributed by atoms with Crippen LogP contribution in [-0.2, 0) is 9.47 Å². The number of nitrogens with one attached hydrogen (secondary N) is 1. The summed E-state index contributed by atoms with van der Waals surface area (Å²) in [4.78, 5) is 11.3. The van der Waals surface area contributed by atoms with Crippen LogP contribution in [-0.4, -0.2) is 32.3 Å². The Morgan fingerprint density at radius 3 is 2.62 bits per heavy atom. The van der Waals surface area contributed by atoms with Crippen LogP contribution in [0.15, 0.2) is 18.2 Å². The molecule has 0 heterocycles. The highest BCUT2D eigenvalue weighted by Crippen LogP contribution is 2.24. The molecule has 0 fully saturated rings. The number of benzene rings is 1. The first-order valence-corrected chi connectivity index (χ1v) is 4.75. The van der Waals surface area contributed by atoms with Crippen LogP contribution in [0.2, 0.25) is 0 Å². The maximum atomic E-state index is 11.3. The van der Waals surface area contributed by atoms with Crippen molar-refractivity contribution in [2.75, 3.05) is 26.6 Å². The minimum atomic E-state index is -1.02. The Bertz CT molecular complexity index is 378. The van der Waals surface area contributed by atoms with Gasteiger partial charge in [-0.25, -0.2) is 4.79 Å². The number of rotatable bonds is 4. The molecule has 0 aliphatic heterocycles. The Morgan fingerprint density at radius 2 is 2.12 bits per heavy atom. The van der Waals surface area contributed by atoms with E-state index in [-0.39, 0.29) is 0 Å². The normalized spacial score (nSPS) is 12.0. The van der Waals surface area contributed by atoms with Crippen molar-refractivity contribution >= 4 is 11.7 Å². The molecule has 1 aromatic rings. The summed E-state index contributed by atoms with van der Waals surface area (Å²) in [5.41, 5.74) is 1.61. The van der Waals surface area contributed by atoms with E-state index in [0.29, 0.717) is 16.8 Å². The zero-order valence-electron chi connectivity index (χ0n) is 9.48. The predicted octanol–water partition coefficient (Wildman–Crippen LogP) is 1.15. The molecule has 0 aliphatic carbocycles. The first kappa shape index (κ1) is 12.5. The number of hydrogen-bond acceptors (Lipinski definition) is 5. The summed E-state index contributed by atoms with van der Waals surface area (Å²) >= 11 is 0. The van der Waals surface area contributed by atoms with E-state index in [4.69, 9.17) is 4.74 Å². The van der Waals surface area contributed by atoms with E-state index < -0.39 is 12.3 Å². The molecule has 0 spiro atoms. The number of esters is 1. The largest absolute Gasteiger partial charge is 0.465 e. The molecule has 0 saturated heterocycles. The Morgan fingerprint density at radius 1 is 1.44 bits per heavy atom. The number of hydrogen-bond donors (Lipinski definition) is 2. The first-order chi connectivity index (χ1) is 7.63. The average Bonchev–Trinajstić information content (AvgIpc) is 2.35. The lowest BCUT2D eigenvalue weighted by Crippen LogP contribution is -2.07. The minimum Gasteiger partial charge on any atom is -0.465 e. The number of carbonyl (C=O) groups excluding carboxylic acids is 1. The molecule has 0 radical (unpaired) electrons. The van der Waals surface area contributed by atoms with Crippen molar-refractivity contribution in [1.29, 1.82) is 0 Å². The zero-order chi connectivity index (χ0) is 12.1. The van der Waals surface area contributed by atoms with E-state index >= 15 is 0 Å². The van der Waals surface area contributed by atoms with Crippen molar-refractivity contribution < 1.29 is 19.4 Å². The van der Waals surface area contributed by atoms with Crippen molar-refractivity contribution in [2.24, 2.45) is 0 Å². The Hall–Kier alpha value is -1.59. The van der Waals surface area contributed by atoms with E-state index in [1.807, 2.05) is 0 Å². The number of aliphatic hydroxyl groups is 1. The molecule has 1 rings (SSSR count). The number of anilines is 1. The van der Waals surface area contributed by atoms with Gasteiger partial charge in [0.2, 0.25) is 0 Å². The fraction of sp³-hybridized carbons (Fsp3) is 0.364. The Balaban J connectivity index is 3.11. The molecule has 16 heavy (non-hydrogen) atoms. The molecular formula is C11H15NO4. The topological polar surface area (TPSA) is 67.8 Å². The molecular weight excluding hydrogens is 210 g/mol. The third-order valence-corrected chi connectivity index (χ3v) is 2.23. The van der Waals surface area contributed by atoms with Crippen molar-refractivity contribution in [3.63, 3.8) is 0 Å². The van der Waals surface area contributed by atoms with Gasteiger partial charge in [0.05, 0.1) is 12.7 Å². The summed E-state index contributed by atoms with van der Waals surface area (Å²) in [5, 5.41) is 12.4. The molecule has 0 aromatic heterocycles. The van der Waals surface area contributed by atoms with Crippen LogP contribution in [0, 0.1) is 0 Å². The summed E-state index contributed by atoms with van der Waals surface area (Å²) in [6.07, 6.45) is -1.02. The van der Waals surface area contributed by atoms with Crippen LogP contribution in [0.4, 0.5) is 5.69 Å².